The highest BCUT2D eigenvalue weighted by atomic mass is 16.7. The fraction of sp³-hybridized carbons (Fsp3) is 0.400. The number of rotatable bonds is 4. The van der Waals surface area contributed by atoms with Crippen LogP contribution >= 0.6 is 0 Å². The lowest BCUT2D eigenvalue weighted by Gasteiger charge is -2.03. The van der Waals surface area contributed by atoms with Crippen molar-refractivity contribution in [3.8, 4) is 0 Å². The smallest absolute Gasteiger partial charge is 0.358 e. The molecule has 1 fully saturated rings. The average molecular weight is 192 g/mol. The van der Waals surface area contributed by atoms with Crippen LogP contribution in [0, 0.1) is 5.92 Å². The van der Waals surface area contributed by atoms with Gasteiger partial charge in [0.05, 0.1) is 5.56 Å². The van der Waals surface area contributed by atoms with E-state index < -0.39 is 0 Å². The summed E-state index contributed by atoms with van der Waals surface area (Å²) in [6, 6.07) is 3.38. The van der Waals surface area contributed by atoms with Crippen molar-refractivity contribution in [3.05, 3.63) is 30.1 Å². The molecule has 1 saturated carbocycles. The molecule has 0 atom stereocenters. The van der Waals surface area contributed by atoms with Gasteiger partial charge in [0, 0.05) is 18.9 Å². The number of carbonyl (C=O) groups excluding carboxylic acids is 1. The summed E-state index contributed by atoms with van der Waals surface area (Å²) in [4.78, 5) is 20.0. The van der Waals surface area contributed by atoms with E-state index in [4.69, 9.17) is 4.84 Å². The third-order valence-electron chi connectivity index (χ3n) is 2.13. The van der Waals surface area contributed by atoms with Crippen molar-refractivity contribution in [3.63, 3.8) is 0 Å². The molecule has 0 unspecified atom stereocenters. The van der Waals surface area contributed by atoms with Gasteiger partial charge in [-0.15, -0.1) is 0 Å². The number of aromatic nitrogens is 1. The molecule has 0 radical (unpaired) electrons. The molecular weight excluding hydrogens is 180 g/mol. The Hall–Kier alpha value is -1.42. The lowest BCUT2D eigenvalue weighted by molar-refractivity contribution is 0.0245. The minimum absolute atomic E-state index is 0.376. The topological polar surface area (TPSA) is 51.2 Å². The molecule has 0 amide bonds. The lowest BCUT2D eigenvalue weighted by atomic mass is 10.3. The number of carbonyl (C=O) groups is 1. The van der Waals surface area contributed by atoms with Gasteiger partial charge in [-0.1, -0.05) is 0 Å². The summed E-state index contributed by atoms with van der Waals surface area (Å²) in [7, 11) is 0. The standard InChI is InChI=1S/C10H12N2O2/c13-10(9-2-1-5-11-7-9)14-12-6-8-3-4-8/h1-2,5,7-8,12H,3-4,6H2. The van der Waals surface area contributed by atoms with Crippen molar-refractivity contribution in [2.24, 2.45) is 5.92 Å². The fourth-order valence-corrected chi connectivity index (χ4v) is 1.09. The Balaban J connectivity index is 1.77. The molecule has 14 heavy (non-hydrogen) atoms. The second-order valence-corrected chi connectivity index (χ2v) is 3.42. The van der Waals surface area contributed by atoms with Gasteiger partial charge in [0.25, 0.3) is 0 Å². The first kappa shape index (κ1) is 9.15. The molecule has 1 aliphatic rings. The summed E-state index contributed by atoms with van der Waals surface area (Å²) in [6.45, 7) is 0.756. The molecule has 0 aliphatic heterocycles. The number of nitrogens with one attached hydrogen (secondary N) is 1. The second-order valence-electron chi connectivity index (χ2n) is 3.42. The molecule has 0 spiro atoms. The van der Waals surface area contributed by atoms with Crippen LogP contribution < -0.4 is 5.48 Å². The van der Waals surface area contributed by atoms with E-state index in [1.807, 2.05) is 0 Å². The first-order valence-electron chi connectivity index (χ1n) is 4.70. The molecular formula is C10H12N2O2. The van der Waals surface area contributed by atoms with Crippen LogP contribution in [0.5, 0.6) is 0 Å². The second kappa shape index (κ2) is 4.19. The van der Waals surface area contributed by atoms with Gasteiger partial charge in [-0.25, -0.2) is 4.79 Å². The van der Waals surface area contributed by atoms with E-state index in [1.54, 1.807) is 18.3 Å². The van der Waals surface area contributed by atoms with E-state index in [0.29, 0.717) is 11.5 Å². The number of pyridine rings is 1. The number of hydroxylamine groups is 1. The van der Waals surface area contributed by atoms with Crippen LogP contribution in [0.25, 0.3) is 0 Å². The zero-order chi connectivity index (χ0) is 9.80. The van der Waals surface area contributed by atoms with Gasteiger partial charge >= 0.3 is 5.97 Å². The maximum Gasteiger partial charge on any atom is 0.358 e. The summed E-state index contributed by atoms with van der Waals surface area (Å²) < 4.78 is 0. The lowest BCUT2D eigenvalue weighted by Crippen LogP contribution is -2.22. The maximum atomic E-state index is 11.3. The normalized spacial score (nSPS) is 15.1. The van der Waals surface area contributed by atoms with E-state index in [0.717, 1.165) is 6.54 Å². The van der Waals surface area contributed by atoms with Gasteiger partial charge in [-0.05, 0) is 30.9 Å². The van der Waals surface area contributed by atoms with Crippen molar-refractivity contribution < 1.29 is 9.63 Å². The highest BCUT2D eigenvalue weighted by Crippen LogP contribution is 2.27. The Morgan fingerprint density at radius 3 is 3.14 bits per heavy atom. The molecule has 1 aliphatic carbocycles. The van der Waals surface area contributed by atoms with Gasteiger partial charge < -0.3 is 4.84 Å². The number of nitrogens with zero attached hydrogens (tertiary/aromatic N) is 1. The zero-order valence-corrected chi connectivity index (χ0v) is 7.77. The van der Waals surface area contributed by atoms with E-state index in [9.17, 15) is 4.79 Å². The SMILES string of the molecule is O=C(ONCC1CC1)c1cccnc1. The van der Waals surface area contributed by atoms with Gasteiger partial charge in [0.1, 0.15) is 0 Å². The van der Waals surface area contributed by atoms with Crippen LogP contribution in [0.15, 0.2) is 24.5 Å². The Bertz CT molecular complexity index is 309. The molecule has 0 bridgehead atoms. The number of hydrogen-bond acceptors (Lipinski definition) is 4. The van der Waals surface area contributed by atoms with Crippen molar-refractivity contribution in [1.82, 2.24) is 10.5 Å². The highest BCUT2D eigenvalue weighted by molar-refractivity contribution is 5.88. The van der Waals surface area contributed by atoms with Crippen LogP contribution in [0.3, 0.4) is 0 Å². The Kier molecular flexibility index (Phi) is 2.74. The molecule has 2 rings (SSSR count). The molecule has 4 heteroatoms. The van der Waals surface area contributed by atoms with Gasteiger partial charge in [0.15, 0.2) is 0 Å². The van der Waals surface area contributed by atoms with Crippen LogP contribution in [0.2, 0.25) is 0 Å². The molecule has 1 aromatic heterocycles. The highest BCUT2D eigenvalue weighted by Gasteiger charge is 2.21. The number of hydrogen-bond donors (Lipinski definition) is 1. The predicted octanol–water partition coefficient (Wildman–Crippen LogP) is 1.15. The van der Waals surface area contributed by atoms with Crippen LogP contribution in [-0.4, -0.2) is 17.5 Å². The van der Waals surface area contributed by atoms with Crippen molar-refractivity contribution >= 4 is 5.97 Å². The first-order valence-corrected chi connectivity index (χ1v) is 4.70. The molecule has 4 nitrogen and oxygen atoms in total. The van der Waals surface area contributed by atoms with Gasteiger partial charge in [0.2, 0.25) is 0 Å². The van der Waals surface area contributed by atoms with Crippen molar-refractivity contribution in [1.29, 1.82) is 0 Å². The Morgan fingerprint density at radius 1 is 1.64 bits per heavy atom. The van der Waals surface area contributed by atoms with E-state index in [1.165, 1.54) is 19.0 Å². The first-order chi connectivity index (χ1) is 6.86. The Labute approximate surface area is 82.2 Å². The maximum absolute atomic E-state index is 11.3. The van der Waals surface area contributed by atoms with Gasteiger partial charge in [-0.2, -0.15) is 5.48 Å². The molecule has 0 saturated heterocycles. The molecule has 1 heterocycles. The molecule has 1 aromatic rings. The van der Waals surface area contributed by atoms with Crippen LogP contribution in [-0.2, 0) is 4.84 Å². The fourth-order valence-electron chi connectivity index (χ4n) is 1.09. The third kappa shape index (κ3) is 2.53. The zero-order valence-electron chi connectivity index (χ0n) is 7.77. The minimum atomic E-state index is -0.376. The van der Waals surface area contributed by atoms with Crippen molar-refractivity contribution in [2.75, 3.05) is 6.54 Å². The quantitative estimate of drug-likeness (QED) is 0.727. The molecule has 1 N–H and O–H groups in total. The van der Waals surface area contributed by atoms with Crippen molar-refractivity contribution in [2.45, 2.75) is 12.8 Å². The minimum Gasteiger partial charge on any atom is -0.367 e. The predicted molar refractivity (Wildman–Crippen MR) is 50.4 cm³/mol. The summed E-state index contributed by atoms with van der Waals surface area (Å²) in [5.41, 5.74) is 3.14. The Morgan fingerprint density at radius 2 is 2.50 bits per heavy atom. The summed E-state index contributed by atoms with van der Waals surface area (Å²) in [6.07, 6.45) is 5.57. The molecule has 0 aromatic carbocycles. The summed E-state index contributed by atoms with van der Waals surface area (Å²) in [5.74, 6) is 0.315. The van der Waals surface area contributed by atoms with Crippen LogP contribution in [0.4, 0.5) is 0 Å². The van der Waals surface area contributed by atoms with E-state index >= 15 is 0 Å². The third-order valence-corrected chi connectivity index (χ3v) is 2.13. The van der Waals surface area contributed by atoms with E-state index in [-0.39, 0.29) is 5.97 Å². The monoisotopic (exact) mass is 192 g/mol. The molecule has 74 valence electrons. The van der Waals surface area contributed by atoms with Gasteiger partial charge in [-0.3, -0.25) is 4.98 Å². The average Bonchev–Trinajstić information content (AvgIpc) is 3.03. The van der Waals surface area contributed by atoms with Crippen LogP contribution in [0.1, 0.15) is 23.2 Å². The largest absolute Gasteiger partial charge is 0.367 e. The summed E-state index contributed by atoms with van der Waals surface area (Å²) >= 11 is 0. The summed E-state index contributed by atoms with van der Waals surface area (Å²) in [5, 5.41) is 0. The van der Waals surface area contributed by atoms with E-state index in [2.05, 4.69) is 10.5 Å².